The molecule has 0 amide bonds. The van der Waals surface area contributed by atoms with Gasteiger partial charge in [0.25, 0.3) is 0 Å². The summed E-state index contributed by atoms with van der Waals surface area (Å²) in [5.74, 6) is 0.0136. The molecule has 2 nitrogen and oxygen atoms in total. The number of methoxy groups -OCH3 is 1. The van der Waals surface area contributed by atoms with E-state index in [9.17, 15) is 4.79 Å². The molecule has 0 saturated carbocycles. The van der Waals surface area contributed by atoms with Crippen molar-refractivity contribution >= 4 is 17.6 Å². The molecule has 0 radical (unpaired) electrons. The summed E-state index contributed by atoms with van der Waals surface area (Å²) in [6, 6.07) is 3.86. The van der Waals surface area contributed by atoms with E-state index in [4.69, 9.17) is 16.3 Å². The molecule has 0 aliphatic rings. The molecule has 0 aliphatic carbocycles. The highest BCUT2D eigenvalue weighted by Gasteiger charge is 2.15. The van der Waals surface area contributed by atoms with Gasteiger partial charge in [0.05, 0.1) is 12.7 Å². The highest BCUT2D eigenvalue weighted by Crippen LogP contribution is 2.21. The highest BCUT2D eigenvalue weighted by molar-refractivity contribution is 6.17. The molecule has 0 unspecified atom stereocenters. The molecule has 0 spiro atoms. The number of aryl methyl sites for hydroxylation is 2. The van der Waals surface area contributed by atoms with Gasteiger partial charge in [-0.2, -0.15) is 0 Å². The molecule has 76 valence electrons. The maximum atomic E-state index is 11.5. The van der Waals surface area contributed by atoms with Crippen LogP contribution in [-0.2, 0) is 10.6 Å². The van der Waals surface area contributed by atoms with Crippen LogP contribution in [0.15, 0.2) is 12.1 Å². The molecule has 1 aromatic carbocycles. The Bertz CT molecular complexity index is 359. The number of ether oxygens (including phenoxy) is 1. The molecule has 0 aliphatic heterocycles. The lowest BCUT2D eigenvalue weighted by Crippen LogP contribution is -2.08. The van der Waals surface area contributed by atoms with Gasteiger partial charge in [-0.05, 0) is 30.5 Å². The number of carbonyl (C=O) groups excluding carboxylic acids is 1. The minimum absolute atomic E-state index is 0.318. The summed E-state index contributed by atoms with van der Waals surface area (Å²) in [6.45, 7) is 3.81. The van der Waals surface area contributed by atoms with Crippen LogP contribution in [0.5, 0.6) is 0 Å². The van der Waals surface area contributed by atoms with E-state index in [1.54, 1.807) is 0 Å². The average molecular weight is 213 g/mol. The second kappa shape index (κ2) is 4.47. The number of alkyl halides is 1. The first-order valence-corrected chi connectivity index (χ1v) is 4.88. The topological polar surface area (TPSA) is 26.3 Å². The van der Waals surface area contributed by atoms with Gasteiger partial charge in [-0.15, -0.1) is 11.6 Å². The Kier molecular flexibility index (Phi) is 3.53. The number of esters is 1. The third-order valence-electron chi connectivity index (χ3n) is 2.28. The number of rotatable bonds is 2. The Morgan fingerprint density at radius 1 is 1.36 bits per heavy atom. The molecular formula is C11H13ClO2. The molecule has 0 aromatic heterocycles. The van der Waals surface area contributed by atoms with E-state index in [0.29, 0.717) is 11.4 Å². The third kappa shape index (κ3) is 1.90. The lowest BCUT2D eigenvalue weighted by atomic mass is 9.98. The van der Waals surface area contributed by atoms with Crippen molar-refractivity contribution in [3.05, 3.63) is 34.4 Å². The van der Waals surface area contributed by atoms with Gasteiger partial charge in [-0.3, -0.25) is 0 Å². The molecule has 3 heteroatoms. The monoisotopic (exact) mass is 212 g/mol. The van der Waals surface area contributed by atoms with E-state index in [2.05, 4.69) is 0 Å². The molecule has 0 bridgehead atoms. The van der Waals surface area contributed by atoms with Crippen LogP contribution in [0.2, 0.25) is 0 Å². The largest absolute Gasteiger partial charge is 0.465 e. The van der Waals surface area contributed by atoms with Gasteiger partial charge in [0.1, 0.15) is 0 Å². The number of benzene rings is 1. The smallest absolute Gasteiger partial charge is 0.338 e. The van der Waals surface area contributed by atoms with Gasteiger partial charge in [-0.1, -0.05) is 12.1 Å². The Balaban J connectivity index is 3.37. The zero-order valence-corrected chi connectivity index (χ0v) is 9.31. The maximum absolute atomic E-state index is 11.5. The molecule has 0 N–H and O–H groups in total. The SMILES string of the molecule is COC(=O)c1c(C)ccc(C)c1CCl. The molecule has 1 aromatic rings. The molecule has 0 heterocycles. The Morgan fingerprint density at radius 3 is 2.43 bits per heavy atom. The van der Waals surface area contributed by atoms with Gasteiger partial charge in [0.15, 0.2) is 0 Å². The van der Waals surface area contributed by atoms with Crippen molar-refractivity contribution in [3.8, 4) is 0 Å². The van der Waals surface area contributed by atoms with Gasteiger partial charge >= 0.3 is 5.97 Å². The number of hydrogen-bond acceptors (Lipinski definition) is 2. The van der Waals surface area contributed by atoms with Crippen LogP contribution in [0.25, 0.3) is 0 Å². The second-order valence-electron chi connectivity index (χ2n) is 3.18. The fraction of sp³-hybridized carbons (Fsp3) is 0.364. The van der Waals surface area contributed by atoms with Crippen molar-refractivity contribution in [1.82, 2.24) is 0 Å². The van der Waals surface area contributed by atoms with Crippen LogP contribution < -0.4 is 0 Å². The van der Waals surface area contributed by atoms with Crippen LogP contribution in [0, 0.1) is 13.8 Å². The summed E-state index contributed by atoms with van der Waals surface area (Å²) in [6.07, 6.45) is 0. The molecule has 0 atom stereocenters. The first-order valence-electron chi connectivity index (χ1n) is 4.35. The summed E-state index contributed by atoms with van der Waals surface area (Å²) < 4.78 is 4.72. The molecular weight excluding hydrogens is 200 g/mol. The minimum atomic E-state index is -0.318. The lowest BCUT2D eigenvalue weighted by Gasteiger charge is -2.11. The number of hydrogen-bond donors (Lipinski definition) is 0. The van der Waals surface area contributed by atoms with Crippen molar-refractivity contribution in [2.75, 3.05) is 7.11 Å². The van der Waals surface area contributed by atoms with Crippen molar-refractivity contribution in [1.29, 1.82) is 0 Å². The molecule has 0 fully saturated rings. The minimum Gasteiger partial charge on any atom is -0.465 e. The molecule has 1 rings (SSSR count). The van der Waals surface area contributed by atoms with Crippen LogP contribution in [0.1, 0.15) is 27.0 Å². The Morgan fingerprint density at radius 2 is 1.93 bits per heavy atom. The van der Waals surface area contributed by atoms with Crippen LogP contribution in [0.4, 0.5) is 0 Å². The predicted molar refractivity (Wildman–Crippen MR) is 56.8 cm³/mol. The number of halogens is 1. The third-order valence-corrected chi connectivity index (χ3v) is 2.55. The maximum Gasteiger partial charge on any atom is 0.338 e. The fourth-order valence-electron chi connectivity index (χ4n) is 1.43. The summed E-state index contributed by atoms with van der Waals surface area (Å²) in [7, 11) is 1.38. The van der Waals surface area contributed by atoms with Gasteiger partial charge in [0.2, 0.25) is 0 Å². The number of carbonyl (C=O) groups is 1. The van der Waals surface area contributed by atoms with Crippen molar-refractivity contribution in [2.24, 2.45) is 0 Å². The average Bonchev–Trinajstić information content (AvgIpc) is 2.19. The zero-order chi connectivity index (χ0) is 10.7. The van der Waals surface area contributed by atoms with Crippen LogP contribution >= 0.6 is 11.6 Å². The predicted octanol–water partition coefficient (Wildman–Crippen LogP) is 2.83. The van der Waals surface area contributed by atoms with Gasteiger partial charge in [0, 0.05) is 5.88 Å². The normalized spacial score (nSPS) is 10.0. The van der Waals surface area contributed by atoms with Gasteiger partial charge < -0.3 is 4.74 Å². The van der Waals surface area contributed by atoms with E-state index >= 15 is 0 Å². The first-order chi connectivity index (χ1) is 6.61. The van der Waals surface area contributed by atoms with E-state index in [0.717, 1.165) is 16.7 Å². The summed E-state index contributed by atoms with van der Waals surface area (Å²) in [5.41, 5.74) is 3.38. The van der Waals surface area contributed by atoms with Crippen molar-refractivity contribution < 1.29 is 9.53 Å². The summed E-state index contributed by atoms with van der Waals surface area (Å²) in [5, 5.41) is 0. The fourth-order valence-corrected chi connectivity index (χ4v) is 1.77. The zero-order valence-electron chi connectivity index (χ0n) is 8.56. The highest BCUT2D eigenvalue weighted by atomic mass is 35.5. The van der Waals surface area contributed by atoms with E-state index in [1.807, 2.05) is 26.0 Å². The van der Waals surface area contributed by atoms with Crippen LogP contribution in [-0.4, -0.2) is 13.1 Å². The Hall–Kier alpha value is -1.02. The first kappa shape index (κ1) is 11.1. The second-order valence-corrected chi connectivity index (χ2v) is 3.45. The summed E-state index contributed by atoms with van der Waals surface area (Å²) >= 11 is 5.80. The lowest BCUT2D eigenvalue weighted by molar-refractivity contribution is 0.0599. The van der Waals surface area contributed by atoms with Crippen molar-refractivity contribution in [3.63, 3.8) is 0 Å². The quantitative estimate of drug-likeness (QED) is 0.557. The molecule has 14 heavy (non-hydrogen) atoms. The standard InChI is InChI=1S/C11H13ClO2/c1-7-4-5-8(2)10(9(7)6-12)11(13)14-3/h4-5H,6H2,1-3H3. The van der Waals surface area contributed by atoms with E-state index < -0.39 is 0 Å². The Labute approximate surface area is 88.8 Å². The van der Waals surface area contributed by atoms with E-state index in [1.165, 1.54) is 7.11 Å². The van der Waals surface area contributed by atoms with Gasteiger partial charge in [-0.25, -0.2) is 4.79 Å². The van der Waals surface area contributed by atoms with Crippen molar-refractivity contribution in [2.45, 2.75) is 19.7 Å². The molecule has 0 saturated heterocycles. The summed E-state index contributed by atoms with van der Waals surface area (Å²) in [4.78, 5) is 11.5. The van der Waals surface area contributed by atoms with E-state index in [-0.39, 0.29) is 5.97 Å². The van der Waals surface area contributed by atoms with Crippen LogP contribution in [0.3, 0.4) is 0 Å².